The van der Waals surface area contributed by atoms with Crippen molar-refractivity contribution in [2.45, 2.75) is 19.8 Å². The Balaban J connectivity index is 2.13. The van der Waals surface area contributed by atoms with Gasteiger partial charge in [-0.1, -0.05) is 38.3 Å². The Bertz CT molecular complexity index is 872. The summed E-state index contributed by atoms with van der Waals surface area (Å²) in [7, 11) is 3.83. The Morgan fingerprint density at radius 2 is 2.04 bits per heavy atom. The number of para-hydroxylation sites is 1. The number of hydrogen-bond donors (Lipinski definition) is 2. The second-order valence-electron chi connectivity index (χ2n) is 6.32. The molecule has 0 saturated carbocycles. The van der Waals surface area contributed by atoms with Crippen molar-refractivity contribution in [3.05, 3.63) is 72.4 Å². The third kappa shape index (κ3) is 2.75. The van der Waals surface area contributed by atoms with Crippen LogP contribution in [0.25, 0.3) is 5.57 Å². The highest BCUT2D eigenvalue weighted by molar-refractivity contribution is 6.10. The van der Waals surface area contributed by atoms with Crippen LogP contribution in [0.15, 0.2) is 71.8 Å². The van der Waals surface area contributed by atoms with Crippen LogP contribution in [0.5, 0.6) is 0 Å². The zero-order valence-electron chi connectivity index (χ0n) is 15.6. The summed E-state index contributed by atoms with van der Waals surface area (Å²) in [5.41, 5.74) is 4.70. The van der Waals surface area contributed by atoms with Crippen molar-refractivity contribution in [3.63, 3.8) is 0 Å². The first-order chi connectivity index (χ1) is 12.5. The fraction of sp³-hybridized carbons (Fsp3) is 0.238. The lowest BCUT2D eigenvalue weighted by atomic mass is 9.90. The summed E-state index contributed by atoms with van der Waals surface area (Å²) in [5, 5.41) is 11.4. The van der Waals surface area contributed by atoms with E-state index < -0.39 is 0 Å². The lowest BCUT2D eigenvalue weighted by Crippen LogP contribution is -2.40. The predicted octanol–water partition coefficient (Wildman–Crippen LogP) is 4.10. The van der Waals surface area contributed by atoms with Gasteiger partial charge in [-0.25, -0.2) is 4.99 Å². The van der Waals surface area contributed by atoms with Crippen molar-refractivity contribution in [1.29, 1.82) is 5.41 Å². The van der Waals surface area contributed by atoms with E-state index in [0.29, 0.717) is 5.84 Å². The van der Waals surface area contributed by atoms with Gasteiger partial charge in [-0.2, -0.15) is 0 Å². The summed E-state index contributed by atoms with van der Waals surface area (Å²) in [5.74, 6) is 2.02. The molecular weight excluding hydrogens is 322 g/mol. The second-order valence-corrected chi connectivity index (χ2v) is 6.32. The Kier molecular flexibility index (Phi) is 4.80. The molecule has 2 aliphatic rings. The largest absolute Gasteiger partial charge is 0.394 e. The van der Waals surface area contributed by atoms with Crippen molar-refractivity contribution in [3.8, 4) is 0 Å². The summed E-state index contributed by atoms with van der Waals surface area (Å²) < 4.78 is 0. The molecule has 1 aromatic carbocycles. The molecule has 2 heterocycles. The van der Waals surface area contributed by atoms with Crippen molar-refractivity contribution in [2.75, 3.05) is 19.0 Å². The number of benzene rings is 1. The molecule has 134 valence electrons. The zero-order valence-corrected chi connectivity index (χ0v) is 15.6. The van der Waals surface area contributed by atoms with Crippen LogP contribution in [0.3, 0.4) is 0 Å². The summed E-state index contributed by atoms with van der Waals surface area (Å²) in [6, 6.07) is 8.17. The van der Waals surface area contributed by atoms with Crippen LogP contribution >= 0.6 is 0 Å². The molecule has 0 amide bonds. The van der Waals surface area contributed by atoms with Crippen molar-refractivity contribution in [2.24, 2.45) is 4.99 Å². The monoisotopic (exact) mass is 347 g/mol. The lowest BCUT2D eigenvalue weighted by Gasteiger charge is -2.39. The van der Waals surface area contributed by atoms with Gasteiger partial charge < -0.3 is 10.2 Å². The molecule has 0 radical (unpaired) electrons. The van der Waals surface area contributed by atoms with E-state index >= 15 is 0 Å². The van der Waals surface area contributed by atoms with Gasteiger partial charge in [0.05, 0.1) is 5.70 Å². The second kappa shape index (κ2) is 7.04. The number of nitrogens with zero attached hydrogens (tertiary/aromatic N) is 3. The number of hydrogen-bond acceptors (Lipinski definition) is 4. The number of rotatable bonds is 4. The van der Waals surface area contributed by atoms with Gasteiger partial charge in [0.15, 0.2) is 0 Å². The van der Waals surface area contributed by atoms with Gasteiger partial charge in [0.2, 0.25) is 0 Å². The van der Waals surface area contributed by atoms with Crippen LogP contribution in [-0.2, 0) is 0 Å². The molecule has 2 N–H and O–H groups in total. The molecule has 5 heteroatoms. The Labute approximate surface area is 155 Å². The summed E-state index contributed by atoms with van der Waals surface area (Å²) in [4.78, 5) is 8.83. The van der Waals surface area contributed by atoms with Crippen LogP contribution < -0.4 is 10.2 Å². The molecule has 0 fully saturated rings. The fourth-order valence-corrected chi connectivity index (χ4v) is 3.36. The zero-order chi connectivity index (χ0) is 18.8. The van der Waals surface area contributed by atoms with E-state index in [1.165, 1.54) is 0 Å². The van der Waals surface area contributed by atoms with Crippen LogP contribution in [0.1, 0.15) is 25.3 Å². The maximum absolute atomic E-state index is 8.48. The van der Waals surface area contributed by atoms with E-state index in [1.54, 1.807) is 12.3 Å². The van der Waals surface area contributed by atoms with E-state index in [2.05, 4.69) is 42.4 Å². The number of fused-ring (bicyclic) bond motifs is 1. The fourth-order valence-electron chi connectivity index (χ4n) is 3.36. The van der Waals surface area contributed by atoms with E-state index in [0.717, 1.165) is 52.6 Å². The number of allylic oxidation sites excluding steroid dienone is 1. The molecule has 0 aromatic heterocycles. The molecule has 0 atom stereocenters. The first-order valence-electron chi connectivity index (χ1n) is 8.77. The smallest absolute Gasteiger partial charge is 0.144 e. The summed E-state index contributed by atoms with van der Waals surface area (Å²) >= 11 is 0. The summed E-state index contributed by atoms with van der Waals surface area (Å²) in [6.45, 7) is 10.7. The third-order valence-electron chi connectivity index (χ3n) is 4.61. The molecule has 0 saturated heterocycles. The molecule has 0 unspecified atom stereocenters. The predicted molar refractivity (Wildman–Crippen MR) is 110 cm³/mol. The van der Waals surface area contributed by atoms with Gasteiger partial charge in [-0.05, 0) is 30.3 Å². The van der Waals surface area contributed by atoms with Crippen molar-refractivity contribution < 1.29 is 0 Å². The Morgan fingerprint density at radius 3 is 2.73 bits per heavy atom. The van der Waals surface area contributed by atoms with Crippen LogP contribution in [-0.4, -0.2) is 30.7 Å². The first-order valence-corrected chi connectivity index (χ1v) is 8.77. The van der Waals surface area contributed by atoms with E-state index in [-0.39, 0.29) is 0 Å². The van der Waals surface area contributed by atoms with Crippen molar-refractivity contribution >= 4 is 22.9 Å². The van der Waals surface area contributed by atoms with Gasteiger partial charge in [0.25, 0.3) is 0 Å². The number of amidine groups is 2. The van der Waals surface area contributed by atoms with Gasteiger partial charge in [-0.15, -0.1) is 0 Å². The molecule has 0 bridgehead atoms. The van der Waals surface area contributed by atoms with E-state index in [1.807, 2.05) is 31.1 Å². The molecule has 2 aliphatic heterocycles. The third-order valence-corrected chi connectivity index (χ3v) is 4.61. The van der Waals surface area contributed by atoms with E-state index in [4.69, 9.17) is 10.4 Å². The average molecular weight is 347 g/mol. The topological polar surface area (TPSA) is 54.7 Å². The molecule has 0 spiro atoms. The normalized spacial score (nSPS) is 16.7. The van der Waals surface area contributed by atoms with Gasteiger partial charge in [0.1, 0.15) is 17.5 Å². The molecule has 0 aliphatic carbocycles. The van der Waals surface area contributed by atoms with Crippen LogP contribution in [0.4, 0.5) is 5.69 Å². The van der Waals surface area contributed by atoms with Crippen LogP contribution in [0.2, 0.25) is 0 Å². The number of aliphatic imine (C=N–C) groups is 1. The Hall–Kier alpha value is -3.08. The highest BCUT2D eigenvalue weighted by atomic mass is 15.3. The minimum atomic E-state index is 0.331. The maximum atomic E-state index is 8.48. The average Bonchev–Trinajstić information content (AvgIpc) is 2.64. The van der Waals surface area contributed by atoms with Gasteiger partial charge >= 0.3 is 0 Å². The minimum Gasteiger partial charge on any atom is -0.394 e. The molecule has 5 nitrogen and oxygen atoms in total. The number of nitrogens with one attached hydrogen (secondary N) is 2. The molecule has 1 aromatic rings. The quantitative estimate of drug-likeness (QED) is 0.637. The molecular formula is C21H25N5. The maximum Gasteiger partial charge on any atom is 0.144 e. The molecule has 3 rings (SSSR count). The SMILES string of the molecule is C=C1C2=C(N=C(CCC)N(C(=N)/C=C\NC)C2=C)N(C)c2ccccc21. The highest BCUT2D eigenvalue weighted by Crippen LogP contribution is 2.44. The summed E-state index contributed by atoms with van der Waals surface area (Å²) in [6.07, 6.45) is 5.16. The first kappa shape index (κ1) is 17.7. The highest BCUT2D eigenvalue weighted by Gasteiger charge is 2.34. The van der Waals surface area contributed by atoms with Crippen molar-refractivity contribution in [1.82, 2.24) is 10.2 Å². The minimum absolute atomic E-state index is 0.331. The lowest BCUT2D eigenvalue weighted by molar-refractivity contribution is 0.704. The number of anilines is 1. The Morgan fingerprint density at radius 1 is 1.31 bits per heavy atom. The van der Waals surface area contributed by atoms with Crippen LogP contribution in [0, 0.1) is 5.41 Å². The molecule has 26 heavy (non-hydrogen) atoms. The van der Waals surface area contributed by atoms with E-state index in [9.17, 15) is 0 Å². The standard InChI is InChI=1S/C21H25N5/c1-6-9-19-24-21-20(15(3)26(19)18(22)12-13-23-4)14(2)16-10-7-8-11-17(16)25(21)5/h7-8,10-13,22-23H,2-3,6,9H2,1,4-5H3/b13-12-,22-18?. The van der Waals surface area contributed by atoms with Gasteiger partial charge in [-0.3, -0.25) is 10.3 Å². The van der Waals surface area contributed by atoms with Gasteiger partial charge in [0, 0.05) is 37.3 Å².